The zero-order valence-corrected chi connectivity index (χ0v) is 76.1. The van der Waals surface area contributed by atoms with Crippen LogP contribution in [0, 0.1) is 18.2 Å². The summed E-state index contributed by atoms with van der Waals surface area (Å²) in [5.41, 5.74) is 55.0. The predicted octanol–water partition coefficient (Wildman–Crippen LogP) is 32.3. The second-order valence-corrected chi connectivity index (χ2v) is 36.5. The molecular weight excluding hydrogens is 1820 g/mol. The van der Waals surface area contributed by atoms with Gasteiger partial charge in [-0.3, -0.25) is 0 Å². The van der Waals surface area contributed by atoms with E-state index in [4.69, 9.17) is 15.0 Å². The van der Waals surface area contributed by atoms with E-state index in [1.165, 1.54) is 150 Å². The van der Waals surface area contributed by atoms with E-state index in [9.17, 15) is 0 Å². The fourth-order valence-corrected chi connectivity index (χ4v) is 24.6. The van der Waals surface area contributed by atoms with Crippen molar-refractivity contribution >= 4 is 0 Å². The molecular formula is C132H78IrN3. The van der Waals surface area contributed by atoms with Crippen molar-refractivity contribution in [3.63, 3.8) is 0 Å². The Morgan fingerprint density at radius 1 is 0.147 bits per heavy atom. The predicted molar refractivity (Wildman–Crippen MR) is 550 cm³/mol. The quantitative estimate of drug-likeness (QED) is 0.114. The van der Waals surface area contributed by atoms with Crippen LogP contribution in [0.15, 0.2) is 474 Å². The van der Waals surface area contributed by atoms with E-state index >= 15 is 0 Å². The number of pyridine rings is 3. The Balaban J connectivity index is 0.00000937. The summed E-state index contributed by atoms with van der Waals surface area (Å²) < 4.78 is 0. The van der Waals surface area contributed by atoms with Gasteiger partial charge in [-0.2, -0.15) is 0 Å². The summed E-state index contributed by atoms with van der Waals surface area (Å²) in [7, 11) is 0. The summed E-state index contributed by atoms with van der Waals surface area (Å²) in [6, 6.07) is 179. The Morgan fingerprint density at radius 3 is 0.544 bits per heavy atom. The van der Waals surface area contributed by atoms with Crippen molar-refractivity contribution in [1.82, 2.24) is 15.0 Å². The van der Waals surface area contributed by atoms with E-state index in [1.807, 2.05) is 18.6 Å². The van der Waals surface area contributed by atoms with Crippen LogP contribution >= 0.6 is 0 Å². The van der Waals surface area contributed by atoms with Gasteiger partial charge in [-0.25, -0.2) is 0 Å². The summed E-state index contributed by atoms with van der Waals surface area (Å²) in [5, 5.41) is 0. The van der Waals surface area contributed by atoms with E-state index in [1.54, 1.807) is 0 Å². The van der Waals surface area contributed by atoms with Gasteiger partial charge >= 0.3 is 20.1 Å². The molecule has 6 aliphatic carbocycles. The third-order valence-corrected chi connectivity index (χ3v) is 30.1. The minimum absolute atomic E-state index is 0. The van der Waals surface area contributed by atoms with Crippen LogP contribution in [0.2, 0.25) is 0 Å². The molecule has 0 saturated heterocycles. The average molecular weight is 1900 g/mol. The smallest absolute Gasteiger partial charge is 0.304 e. The summed E-state index contributed by atoms with van der Waals surface area (Å²) in [4.78, 5) is 15.8. The molecule has 0 unspecified atom stereocenters. The summed E-state index contributed by atoms with van der Waals surface area (Å²) >= 11 is 0. The van der Waals surface area contributed by atoms with Gasteiger partial charge in [-0.1, -0.05) is 416 Å². The van der Waals surface area contributed by atoms with E-state index < -0.39 is 16.2 Å². The monoisotopic (exact) mass is 1900 g/mol. The van der Waals surface area contributed by atoms with E-state index in [-0.39, 0.29) is 20.1 Å². The number of rotatable bonds is 12. The molecule has 3 aromatic heterocycles. The van der Waals surface area contributed by atoms with Crippen LogP contribution in [0.3, 0.4) is 0 Å². The van der Waals surface area contributed by atoms with E-state index in [0.717, 1.165) is 117 Å². The van der Waals surface area contributed by atoms with Crippen molar-refractivity contribution in [2.75, 3.05) is 0 Å². The molecule has 0 aliphatic heterocycles. The number of fused-ring (bicyclic) bond motifs is 30. The van der Waals surface area contributed by atoms with Gasteiger partial charge in [0.05, 0.1) is 16.2 Å². The third kappa shape index (κ3) is 11.4. The number of nitrogens with zero attached hydrogens (tertiary/aromatic N) is 3. The fraction of sp³-hybridized carbons (Fsp3) is 0.0227. The van der Waals surface area contributed by atoms with Gasteiger partial charge in [0.15, 0.2) is 0 Å². The Morgan fingerprint density at radius 2 is 0.331 bits per heavy atom. The molecule has 4 heteroatoms. The van der Waals surface area contributed by atoms with Crippen molar-refractivity contribution < 1.29 is 20.1 Å². The van der Waals surface area contributed by atoms with Crippen LogP contribution < -0.4 is 0 Å². The first-order chi connectivity index (χ1) is 67.0. The van der Waals surface area contributed by atoms with Crippen molar-refractivity contribution in [2.45, 2.75) is 16.2 Å². The topological polar surface area (TPSA) is 38.7 Å². The normalized spacial score (nSPS) is 13.4. The molecule has 630 valence electrons. The maximum Gasteiger partial charge on any atom is 3.00 e. The fourth-order valence-electron chi connectivity index (χ4n) is 24.6. The molecule has 0 bridgehead atoms. The molecule has 6 aliphatic rings. The Kier molecular flexibility index (Phi) is 18.0. The molecule has 22 aromatic rings. The molecule has 3 nitrogen and oxygen atoms in total. The molecule has 28 rings (SSSR count). The summed E-state index contributed by atoms with van der Waals surface area (Å²) in [6.07, 6.45) is 6.09. The van der Waals surface area contributed by atoms with Crippen molar-refractivity contribution in [2.24, 2.45) is 0 Å². The van der Waals surface area contributed by atoms with Gasteiger partial charge in [-0.05, 0) is 236 Å². The summed E-state index contributed by atoms with van der Waals surface area (Å²) in [5.74, 6) is 0. The van der Waals surface area contributed by atoms with Crippen LogP contribution in [0.25, 0.3) is 201 Å². The second-order valence-electron chi connectivity index (χ2n) is 36.5. The number of hydrogen-bond acceptors (Lipinski definition) is 3. The van der Waals surface area contributed by atoms with Crippen LogP contribution in [0.4, 0.5) is 0 Å². The van der Waals surface area contributed by atoms with E-state index in [0.29, 0.717) is 0 Å². The maximum absolute atomic E-state index is 5.28. The zero-order chi connectivity index (χ0) is 88.6. The van der Waals surface area contributed by atoms with Crippen molar-refractivity contribution in [1.29, 1.82) is 0 Å². The summed E-state index contributed by atoms with van der Waals surface area (Å²) in [6.45, 7) is 0. The average Bonchev–Trinajstić information content (AvgIpc) is 1.52. The van der Waals surface area contributed by atoms with Crippen molar-refractivity contribution in [3.8, 4) is 201 Å². The maximum atomic E-state index is 5.28. The SMILES string of the molecule is [Ir+3].[c-]1cc(-c2cccc3c2-c2ccccc2C32c3ccccc3-c3ccccc32)ccc1-c1ccc(-c2ccccc2-c2cc(-c3ccccc3-c3ccc(-c4[c-]cc(-c5cccc6c5-c5ccccc5C65c6ccccc6-c6ccccc65)cc4)nc3)cc(-c3ccccc3-c3ccc(-c4[c-]cc(-c5cccc6c5-c5ccccc5C65c6ccccc6-c6ccccc65)cc4)nc3)c2)cn1. The Labute approximate surface area is 804 Å². The second kappa shape index (κ2) is 30.9. The van der Waals surface area contributed by atoms with Gasteiger partial charge in [0, 0.05) is 18.6 Å². The van der Waals surface area contributed by atoms with Crippen LogP contribution in [0.5, 0.6) is 0 Å². The van der Waals surface area contributed by atoms with Gasteiger partial charge in [-0.15, -0.1) is 89.5 Å². The van der Waals surface area contributed by atoms with Crippen LogP contribution in [-0.4, -0.2) is 15.0 Å². The third-order valence-electron chi connectivity index (χ3n) is 30.1. The van der Waals surface area contributed by atoms with Gasteiger partial charge < -0.3 is 15.0 Å². The molecule has 0 atom stereocenters. The molecule has 19 aromatic carbocycles. The standard InChI is InChI=1S/C132H78N3.Ir/c1-4-31-97(94(28-1)88-70-73-124(133-79-88)85-64-58-82(59-65-85)100-43-25-55-121-127(100)109-40-13-22-52-118(109)130(121)112-46-16-7-34-103(112)104-35-8-17-47-113(104)130)91-76-92(98-32-5-2-29-95(98)89-71-74-125(134-80-89)86-66-60-83(61-67-86)101-44-26-56-122-128(101)110-41-14-23-53-119(110)131(122)114-48-18-9-36-105(114)106-37-10-19-49-115(106)131)78-93(77-91)99-33-6-3-30-96(99)90-72-75-126(135-81-90)87-68-62-84(63-69-87)102-45-27-57-123-129(102)111-42-15-24-54-120(111)132(123)116-50-20-11-38-107(116)108-39-12-21-51-117(108)132;/h1-64,66,68,70-81H;/q-3;+3. The van der Waals surface area contributed by atoms with E-state index in [2.05, 4.69) is 473 Å². The Hall–Kier alpha value is -16.7. The Bertz CT molecular complexity index is 7750. The first kappa shape index (κ1) is 79.1. The molecule has 136 heavy (non-hydrogen) atoms. The van der Waals surface area contributed by atoms with Gasteiger partial charge in [0.1, 0.15) is 0 Å². The minimum atomic E-state index is -0.425. The first-order valence-corrected chi connectivity index (χ1v) is 46.6. The number of aromatic nitrogens is 3. The van der Waals surface area contributed by atoms with Crippen LogP contribution in [0.1, 0.15) is 66.8 Å². The molecule has 0 amide bonds. The molecule has 0 N–H and O–H groups in total. The molecule has 0 fully saturated rings. The molecule has 3 heterocycles. The zero-order valence-electron chi connectivity index (χ0n) is 73.7. The molecule has 0 radical (unpaired) electrons. The van der Waals surface area contributed by atoms with Crippen LogP contribution in [-0.2, 0) is 36.4 Å². The largest absolute Gasteiger partial charge is 3.00 e. The minimum Gasteiger partial charge on any atom is -0.304 e. The number of benzene rings is 19. The van der Waals surface area contributed by atoms with Gasteiger partial charge in [0.2, 0.25) is 0 Å². The van der Waals surface area contributed by atoms with Gasteiger partial charge in [0.25, 0.3) is 0 Å². The van der Waals surface area contributed by atoms with Crippen molar-refractivity contribution in [3.05, 3.63) is 559 Å². The first-order valence-electron chi connectivity index (χ1n) is 46.6. The molecule has 0 saturated carbocycles. The number of hydrogen-bond donors (Lipinski definition) is 0. The molecule has 3 spiro atoms.